The van der Waals surface area contributed by atoms with Crippen LogP contribution in [-0.2, 0) is 6.42 Å². The summed E-state index contributed by atoms with van der Waals surface area (Å²) in [5, 5.41) is 0. The lowest BCUT2D eigenvalue weighted by Gasteiger charge is -2.11. The Hall–Kier alpha value is -1.30. The lowest BCUT2D eigenvalue weighted by atomic mass is 9.94. The fraction of sp³-hybridized carbons (Fsp3) is 0.333. The molecule has 0 aliphatic heterocycles. The summed E-state index contributed by atoms with van der Waals surface area (Å²) >= 11 is 0. The normalized spacial score (nSPS) is 11.9. The summed E-state index contributed by atoms with van der Waals surface area (Å²) < 4.78 is 0. The van der Waals surface area contributed by atoms with Gasteiger partial charge in [-0.15, -0.1) is 6.58 Å². The monoisotopic (exact) mass is 200 g/mol. The highest BCUT2D eigenvalue weighted by atomic mass is 14.1. The third-order valence-electron chi connectivity index (χ3n) is 2.38. The lowest BCUT2D eigenvalue weighted by molar-refractivity contribution is 0.655. The molecule has 1 rings (SSSR count). The molecule has 0 aromatic heterocycles. The predicted octanol–water partition coefficient (Wildman–Crippen LogP) is 4.39. The topological polar surface area (TPSA) is 0 Å². The summed E-state index contributed by atoms with van der Waals surface area (Å²) in [4.78, 5) is 0. The minimum absolute atomic E-state index is 0.592. The lowest BCUT2D eigenvalue weighted by Crippen LogP contribution is -2.00. The molecule has 0 saturated carbocycles. The number of allylic oxidation sites excluding steroid dienone is 3. The van der Waals surface area contributed by atoms with Gasteiger partial charge in [0.1, 0.15) is 0 Å². The molecule has 0 aliphatic rings. The molecule has 0 amide bonds. The van der Waals surface area contributed by atoms with E-state index in [-0.39, 0.29) is 0 Å². The highest BCUT2D eigenvalue weighted by Crippen LogP contribution is 2.15. The van der Waals surface area contributed by atoms with E-state index in [9.17, 15) is 0 Å². The summed E-state index contributed by atoms with van der Waals surface area (Å²) in [6.07, 6.45) is 6.51. The van der Waals surface area contributed by atoms with E-state index >= 15 is 0 Å². The van der Waals surface area contributed by atoms with Crippen LogP contribution in [0.2, 0.25) is 0 Å². The molecule has 1 aromatic rings. The summed E-state index contributed by atoms with van der Waals surface area (Å²) in [6, 6.07) is 10.6. The van der Waals surface area contributed by atoms with E-state index in [1.165, 1.54) is 11.1 Å². The number of hydrogen-bond acceptors (Lipinski definition) is 0. The fourth-order valence-corrected chi connectivity index (χ4v) is 1.81. The molecule has 0 nitrogen and oxygen atoms in total. The molecule has 1 unspecified atom stereocenters. The summed E-state index contributed by atoms with van der Waals surface area (Å²) in [6.45, 7) is 8.13. The maximum Gasteiger partial charge on any atom is -0.0156 e. The van der Waals surface area contributed by atoms with Crippen molar-refractivity contribution in [2.24, 2.45) is 5.92 Å². The van der Waals surface area contributed by atoms with Gasteiger partial charge in [0.15, 0.2) is 0 Å². The van der Waals surface area contributed by atoms with E-state index in [2.05, 4.69) is 56.8 Å². The first-order valence-corrected chi connectivity index (χ1v) is 5.52. The van der Waals surface area contributed by atoms with Crippen LogP contribution in [0.1, 0.15) is 25.8 Å². The molecule has 0 fully saturated rings. The molecule has 0 heteroatoms. The Morgan fingerprint density at radius 1 is 1.27 bits per heavy atom. The van der Waals surface area contributed by atoms with Crippen LogP contribution in [-0.4, -0.2) is 0 Å². The Bertz CT molecular complexity index is 315. The van der Waals surface area contributed by atoms with Crippen molar-refractivity contribution in [2.75, 3.05) is 0 Å². The molecule has 15 heavy (non-hydrogen) atoms. The molecule has 0 aliphatic carbocycles. The minimum atomic E-state index is 0.592. The van der Waals surface area contributed by atoms with Crippen molar-refractivity contribution in [1.29, 1.82) is 0 Å². The Kier molecular flexibility index (Phi) is 4.89. The van der Waals surface area contributed by atoms with Gasteiger partial charge in [-0.2, -0.15) is 0 Å². The SMILES string of the molecule is C=CCC(C=C(C)C)Cc1ccccc1. The maximum atomic E-state index is 3.82. The van der Waals surface area contributed by atoms with E-state index in [1.807, 2.05) is 6.08 Å². The Morgan fingerprint density at radius 3 is 2.47 bits per heavy atom. The van der Waals surface area contributed by atoms with Crippen molar-refractivity contribution >= 4 is 0 Å². The fourth-order valence-electron chi connectivity index (χ4n) is 1.81. The zero-order valence-electron chi connectivity index (χ0n) is 9.74. The van der Waals surface area contributed by atoms with Gasteiger partial charge in [0.05, 0.1) is 0 Å². The Morgan fingerprint density at radius 2 is 1.93 bits per heavy atom. The Labute approximate surface area is 93.3 Å². The van der Waals surface area contributed by atoms with Crippen LogP contribution in [0.15, 0.2) is 54.6 Å². The molecule has 80 valence electrons. The van der Waals surface area contributed by atoms with Gasteiger partial charge in [-0.3, -0.25) is 0 Å². The van der Waals surface area contributed by atoms with Gasteiger partial charge in [-0.25, -0.2) is 0 Å². The van der Waals surface area contributed by atoms with E-state index in [4.69, 9.17) is 0 Å². The Balaban J connectivity index is 2.67. The van der Waals surface area contributed by atoms with Crippen molar-refractivity contribution in [1.82, 2.24) is 0 Å². The van der Waals surface area contributed by atoms with Gasteiger partial charge in [0, 0.05) is 0 Å². The molecule has 0 N–H and O–H groups in total. The minimum Gasteiger partial charge on any atom is -0.103 e. The third-order valence-corrected chi connectivity index (χ3v) is 2.38. The van der Waals surface area contributed by atoms with Crippen LogP contribution in [0.5, 0.6) is 0 Å². The standard InChI is InChI=1S/C15H20/c1-4-8-15(11-13(2)3)12-14-9-6-5-7-10-14/h4-7,9-11,15H,1,8,12H2,2-3H3. The van der Waals surface area contributed by atoms with E-state index in [1.54, 1.807) is 0 Å². The second-order valence-corrected chi connectivity index (χ2v) is 4.22. The molecule has 0 spiro atoms. The average molecular weight is 200 g/mol. The number of rotatable bonds is 5. The van der Waals surface area contributed by atoms with Gasteiger partial charge in [0.25, 0.3) is 0 Å². The van der Waals surface area contributed by atoms with Crippen molar-refractivity contribution in [3.05, 3.63) is 60.2 Å². The first-order valence-electron chi connectivity index (χ1n) is 5.52. The summed E-state index contributed by atoms with van der Waals surface area (Å²) in [5.74, 6) is 0.592. The van der Waals surface area contributed by atoms with Crippen molar-refractivity contribution < 1.29 is 0 Å². The van der Waals surface area contributed by atoms with E-state index in [0.29, 0.717) is 5.92 Å². The highest BCUT2D eigenvalue weighted by molar-refractivity contribution is 5.17. The van der Waals surface area contributed by atoms with Crippen molar-refractivity contribution in [2.45, 2.75) is 26.7 Å². The molecule has 0 radical (unpaired) electrons. The molecular weight excluding hydrogens is 180 g/mol. The van der Waals surface area contributed by atoms with Crippen LogP contribution in [0.25, 0.3) is 0 Å². The summed E-state index contributed by atoms with van der Waals surface area (Å²) in [5.41, 5.74) is 2.79. The quantitative estimate of drug-likeness (QED) is 0.618. The highest BCUT2D eigenvalue weighted by Gasteiger charge is 2.04. The van der Waals surface area contributed by atoms with Gasteiger partial charge < -0.3 is 0 Å². The second kappa shape index (κ2) is 6.23. The predicted molar refractivity (Wildman–Crippen MR) is 67.9 cm³/mol. The van der Waals surface area contributed by atoms with Crippen LogP contribution < -0.4 is 0 Å². The zero-order valence-corrected chi connectivity index (χ0v) is 9.74. The summed E-state index contributed by atoms with van der Waals surface area (Å²) in [7, 11) is 0. The number of benzene rings is 1. The van der Waals surface area contributed by atoms with Crippen LogP contribution in [0.3, 0.4) is 0 Å². The molecule has 0 heterocycles. The largest absolute Gasteiger partial charge is 0.103 e. The zero-order chi connectivity index (χ0) is 11.1. The first kappa shape index (κ1) is 11.8. The molecule has 0 saturated heterocycles. The van der Waals surface area contributed by atoms with Crippen LogP contribution in [0, 0.1) is 5.92 Å². The van der Waals surface area contributed by atoms with Gasteiger partial charge in [-0.05, 0) is 38.2 Å². The van der Waals surface area contributed by atoms with Crippen molar-refractivity contribution in [3.63, 3.8) is 0 Å². The molecule has 1 aromatic carbocycles. The van der Waals surface area contributed by atoms with Gasteiger partial charge in [-0.1, -0.05) is 48.1 Å². The van der Waals surface area contributed by atoms with Crippen LogP contribution in [0.4, 0.5) is 0 Å². The van der Waals surface area contributed by atoms with Crippen LogP contribution >= 0.6 is 0 Å². The van der Waals surface area contributed by atoms with E-state index < -0.39 is 0 Å². The van der Waals surface area contributed by atoms with Gasteiger partial charge in [0.2, 0.25) is 0 Å². The third kappa shape index (κ3) is 4.64. The first-order chi connectivity index (χ1) is 7.22. The molecule has 1 atom stereocenters. The second-order valence-electron chi connectivity index (χ2n) is 4.22. The van der Waals surface area contributed by atoms with Gasteiger partial charge >= 0.3 is 0 Å². The maximum absolute atomic E-state index is 3.82. The van der Waals surface area contributed by atoms with Crippen molar-refractivity contribution in [3.8, 4) is 0 Å². The molecular formula is C15H20. The molecule has 0 bridgehead atoms. The smallest absolute Gasteiger partial charge is 0.0156 e. The van der Waals surface area contributed by atoms with E-state index in [0.717, 1.165) is 12.8 Å². The number of hydrogen-bond donors (Lipinski definition) is 0. The average Bonchev–Trinajstić information content (AvgIpc) is 2.18.